The summed E-state index contributed by atoms with van der Waals surface area (Å²) in [4.78, 5) is 35.0. The van der Waals surface area contributed by atoms with Gasteiger partial charge in [0.25, 0.3) is 0 Å². The maximum atomic E-state index is 15.9. The summed E-state index contributed by atoms with van der Waals surface area (Å²) in [5, 5.41) is 0. The fourth-order valence-electron chi connectivity index (χ4n) is 5.07. The first kappa shape index (κ1) is 28.8. The molecule has 0 saturated carbocycles. The van der Waals surface area contributed by atoms with Gasteiger partial charge in [-0.3, -0.25) is 13.7 Å². The van der Waals surface area contributed by atoms with Gasteiger partial charge in [-0.2, -0.15) is 0 Å². The lowest BCUT2D eigenvalue weighted by atomic mass is 10.1. The number of rotatable bonds is 2. The van der Waals surface area contributed by atoms with Crippen molar-refractivity contribution in [1.82, 2.24) is 39.0 Å². The molecule has 4 aromatic heterocycles. The summed E-state index contributed by atoms with van der Waals surface area (Å²) in [6, 6.07) is 0. The normalized spacial score (nSPS) is 36.3. The molecule has 0 aliphatic carbocycles. The zero-order valence-electron chi connectivity index (χ0n) is 21.4. The highest BCUT2D eigenvalue weighted by Crippen LogP contribution is 2.52. The van der Waals surface area contributed by atoms with E-state index in [1.807, 2.05) is 0 Å². The summed E-state index contributed by atoms with van der Waals surface area (Å²) in [6.45, 7) is -5.46. The van der Waals surface area contributed by atoms with Gasteiger partial charge in [-0.05, 0) is 11.8 Å². The second kappa shape index (κ2) is 10.9. The van der Waals surface area contributed by atoms with Crippen molar-refractivity contribution in [3.05, 3.63) is 25.3 Å². The maximum absolute atomic E-state index is 15.9. The summed E-state index contributed by atoms with van der Waals surface area (Å²) in [5.41, 5.74) is 12.5. The van der Waals surface area contributed by atoms with Crippen LogP contribution in [0, 0.1) is 0 Å². The van der Waals surface area contributed by atoms with E-state index in [9.17, 15) is 9.46 Å². The van der Waals surface area contributed by atoms with E-state index in [0.717, 1.165) is 0 Å². The molecule has 0 aromatic carbocycles. The third kappa shape index (κ3) is 5.04. The van der Waals surface area contributed by atoms with Crippen LogP contribution >= 0.6 is 15.0 Å². The Morgan fingerprint density at radius 2 is 1.49 bits per heavy atom. The van der Waals surface area contributed by atoms with Gasteiger partial charge >= 0.3 is 15.0 Å². The smallest absolute Gasteiger partial charge is 0.382 e. The molecule has 7 rings (SSSR count). The van der Waals surface area contributed by atoms with E-state index in [-0.39, 0.29) is 34.0 Å². The number of anilines is 2. The number of ether oxygens (including phenoxy) is 2. The van der Waals surface area contributed by atoms with Crippen molar-refractivity contribution in [3.8, 4) is 0 Å². The Hall–Kier alpha value is -2.97. The van der Waals surface area contributed by atoms with Crippen molar-refractivity contribution < 1.29 is 45.8 Å². The van der Waals surface area contributed by atoms with Crippen molar-refractivity contribution >= 4 is 60.7 Å². The van der Waals surface area contributed by atoms with E-state index in [4.69, 9.17) is 50.8 Å². The molecule has 2 bridgehead atoms. The van der Waals surface area contributed by atoms with Gasteiger partial charge < -0.3 is 30.4 Å². The van der Waals surface area contributed by atoms with Crippen LogP contribution in [0.1, 0.15) is 12.5 Å². The number of halogens is 2. The molecule has 10 atom stereocenters. The van der Waals surface area contributed by atoms with Gasteiger partial charge in [0.1, 0.15) is 48.6 Å². The van der Waals surface area contributed by atoms with Gasteiger partial charge in [0.2, 0.25) is 0 Å². The lowest BCUT2D eigenvalue weighted by Gasteiger charge is -2.25. The molecule has 4 aromatic rings. The predicted molar refractivity (Wildman–Crippen MR) is 143 cm³/mol. The molecule has 228 valence electrons. The Morgan fingerprint density at radius 1 is 0.884 bits per heavy atom. The first-order valence-electron chi connectivity index (χ1n) is 12.5. The highest BCUT2D eigenvalue weighted by atomic mass is 32.5. The molecule has 0 spiro atoms. The van der Waals surface area contributed by atoms with Crippen molar-refractivity contribution in [2.45, 2.75) is 49.2 Å². The van der Waals surface area contributed by atoms with Gasteiger partial charge in [-0.25, -0.2) is 38.7 Å². The van der Waals surface area contributed by atoms with E-state index in [0.29, 0.717) is 0 Å². The number of aromatic nitrogens is 8. The Morgan fingerprint density at radius 3 is 2.14 bits per heavy atom. The molecule has 10 unspecified atom stereocenters. The van der Waals surface area contributed by atoms with Crippen molar-refractivity contribution in [2.75, 3.05) is 24.7 Å². The van der Waals surface area contributed by atoms with E-state index >= 15 is 8.78 Å². The average Bonchev–Trinajstić information content (AvgIpc) is 3.73. The van der Waals surface area contributed by atoms with Crippen LogP contribution in [-0.4, -0.2) is 93.9 Å². The van der Waals surface area contributed by atoms with Gasteiger partial charge in [-0.15, -0.1) is 9.05 Å². The number of nitrogens with zero attached hydrogens (tertiary/aromatic N) is 8. The second-order valence-corrected chi connectivity index (χ2v) is 13.3. The number of nitrogen functional groups attached to an aromatic ring is 2. The van der Waals surface area contributed by atoms with Gasteiger partial charge in [0, 0.05) is 4.57 Å². The van der Waals surface area contributed by atoms with Gasteiger partial charge in [-0.1, -0.05) is 0 Å². The number of hydrogen-bond acceptors (Lipinski definition) is 16. The monoisotopic (exact) mass is 661 g/mol. The molecular formula is C20H21F2N10O8P2S+. The minimum absolute atomic E-state index is 0.0635. The molecule has 3 fully saturated rings. The van der Waals surface area contributed by atoms with Crippen molar-refractivity contribution in [2.24, 2.45) is 0 Å². The van der Waals surface area contributed by atoms with Crippen LogP contribution in [-0.2, 0) is 43.9 Å². The summed E-state index contributed by atoms with van der Waals surface area (Å²) in [6.07, 6.45) is -7.54. The van der Waals surface area contributed by atoms with E-state index in [1.165, 1.54) is 34.4 Å². The molecule has 3 aliphatic heterocycles. The van der Waals surface area contributed by atoms with Crippen molar-refractivity contribution in [1.29, 1.82) is 0 Å². The standard InChI is InChI=1S/C20H20F2N10O8P2S/c21-9-7-2-36-42(34,43)40-13-8(38-19(10(13)22)31-5-29-11-15(23)25-3-27-17(11)31)1-35-41(33)39-14(9)20(37-7)32-6-30-12-16(24)26-4-28-18(12)32/h3-10,13-14,19-20H,1-2H2,(H4-,23,24,25,26,27,28,34,43)/p+1. The molecular weight excluding hydrogens is 640 g/mol. The van der Waals surface area contributed by atoms with Crippen LogP contribution < -0.4 is 11.5 Å². The van der Waals surface area contributed by atoms with Crippen LogP contribution in [0.25, 0.3) is 22.3 Å². The highest BCUT2D eigenvalue weighted by Gasteiger charge is 2.55. The van der Waals surface area contributed by atoms with E-state index in [1.54, 1.807) is 0 Å². The largest absolute Gasteiger partial charge is 0.698 e. The molecule has 5 N–H and O–H groups in total. The van der Waals surface area contributed by atoms with Crippen LogP contribution in [0.4, 0.5) is 20.4 Å². The zero-order valence-corrected chi connectivity index (χ0v) is 24.0. The molecule has 23 heteroatoms. The summed E-state index contributed by atoms with van der Waals surface area (Å²) < 4.78 is 80.5. The number of fused-ring (bicyclic) bond motifs is 5. The van der Waals surface area contributed by atoms with Crippen LogP contribution in [0.5, 0.6) is 0 Å². The predicted octanol–water partition coefficient (Wildman–Crippen LogP) is 0.993. The molecule has 0 radical (unpaired) electrons. The lowest BCUT2D eigenvalue weighted by molar-refractivity contribution is -0.0573. The molecule has 43 heavy (non-hydrogen) atoms. The highest BCUT2D eigenvalue weighted by molar-refractivity contribution is 8.07. The molecule has 0 amide bonds. The lowest BCUT2D eigenvalue weighted by Crippen LogP contribution is -2.34. The first-order valence-corrected chi connectivity index (χ1v) is 16.2. The Kier molecular flexibility index (Phi) is 7.28. The van der Waals surface area contributed by atoms with Crippen LogP contribution in [0.2, 0.25) is 0 Å². The Labute approximate surface area is 244 Å². The summed E-state index contributed by atoms with van der Waals surface area (Å²) in [7, 11) is -3.04. The second-order valence-electron chi connectivity index (χ2n) is 9.61. The maximum Gasteiger partial charge on any atom is 0.698 e. The quantitative estimate of drug-likeness (QED) is 0.254. The number of alkyl halides is 2. The fourth-order valence-corrected chi connectivity index (χ4v) is 7.26. The SMILES string of the molecule is Nc1ncnc2c1ncn2C1OC2CO[P+](=O)OC3C(F)C(COP(O)(=S)OC2C1F)OC3n1cnc2c(N)ncnc21. The van der Waals surface area contributed by atoms with E-state index < -0.39 is 77.4 Å². The van der Waals surface area contributed by atoms with Gasteiger partial charge in [0.05, 0.1) is 19.3 Å². The Bertz CT molecular complexity index is 1770. The minimum Gasteiger partial charge on any atom is -0.382 e. The zero-order chi connectivity index (χ0) is 30.0. The summed E-state index contributed by atoms with van der Waals surface area (Å²) in [5.74, 6) is 0.134. The van der Waals surface area contributed by atoms with E-state index in [2.05, 4.69) is 29.9 Å². The van der Waals surface area contributed by atoms with Crippen LogP contribution in [0.15, 0.2) is 25.3 Å². The molecule has 7 heterocycles. The topological polar surface area (TPSA) is 232 Å². The molecule has 18 nitrogen and oxygen atoms in total. The third-order valence-corrected chi connectivity index (χ3v) is 9.40. The average molecular weight is 661 g/mol. The molecule has 3 saturated heterocycles. The van der Waals surface area contributed by atoms with Crippen molar-refractivity contribution in [3.63, 3.8) is 0 Å². The third-order valence-electron chi connectivity index (χ3n) is 7.06. The first-order chi connectivity index (χ1) is 20.6. The fraction of sp³-hybridized carbons (Fsp3) is 0.500. The molecule has 3 aliphatic rings. The van der Waals surface area contributed by atoms with Crippen LogP contribution in [0.3, 0.4) is 0 Å². The number of imidazole rings is 2. The minimum atomic E-state index is -4.25. The number of hydrogen-bond donors (Lipinski definition) is 3. The van der Waals surface area contributed by atoms with Gasteiger partial charge in [0.15, 0.2) is 53.8 Å². The Balaban J connectivity index is 1.18. The summed E-state index contributed by atoms with van der Waals surface area (Å²) >= 11 is 5.12. The number of nitrogens with two attached hydrogens (primary N) is 2.